The van der Waals surface area contributed by atoms with Crippen LogP contribution in [0.15, 0.2) is 0 Å². The molecule has 1 atom stereocenters. The van der Waals surface area contributed by atoms with Crippen molar-refractivity contribution >= 4 is 5.91 Å². The summed E-state index contributed by atoms with van der Waals surface area (Å²) >= 11 is 0. The molecular weight excluding hydrogens is 200 g/mol. The van der Waals surface area contributed by atoms with Gasteiger partial charge in [0.25, 0.3) is 0 Å². The highest BCUT2D eigenvalue weighted by Crippen LogP contribution is 2.17. The van der Waals surface area contributed by atoms with E-state index in [1.54, 1.807) is 0 Å². The highest BCUT2D eigenvalue weighted by atomic mass is 16.1. The van der Waals surface area contributed by atoms with Crippen LogP contribution in [0, 0.1) is 0 Å². The van der Waals surface area contributed by atoms with E-state index in [9.17, 15) is 4.79 Å². The van der Waals surface area contributed by atoms with Gasteiger partial charge < -0.3 is 10.6 Å². The largest absolute Gasteiger partial charge is 0.352 e. The van der Waals surface area contributed by atoms with Gasteiger partial charge in [0.05, 0.1) is 6.54 Å². The molecule has 0 saturated heterocycles. The molecule has 2 N–H and O–H groups in total. The maximum Gasteiger partial charge on any atom is 0.234 e. The molecule has 16 heavy (non-hydrogen) atoms. The van der Waals surface area contributed by atoms with Crippen LogP contribution in [0.5, 0.6) is 0 Å². The van der Waals surface area contributed by atoms with Gasteiger partial charge in [-0.1, -0.05) is 33.1 Å². The van der Waals surface area contributed by atoms with Gasteiger partial charge in [-0.2, -0.15) is 0 Å². The van der Waals surface area contributed by atoms with Crippen LogP contribution in [0.3, 0.4) is 0 Å². The summed E-state index contributed by atoms with van der Waals surface area (Å²) in [5, 5.41) is 6.43. The molecule has 3 nitrogen and oxygen atoms in total. The Balaban J connectivity index is 2.12. The van der Waals surface area contributed by atoms with Crippen LogP contribution in [0.1, 0.15) is 58.8 Å². The molecule has 1 aliphatic rings. The summed E-state index contributed by atoms with van der Waals surface area (Å²) in [6, 6.07) is 0.944. The van der Waals surface area contributed by atoms with E-state index < -0.39 is 0 Å². The second-order valence-electron chi connectivity index (χ2n) is 4.82. The van der Waals surface area contributed by atoms with E-state index in [-0.39, 0.29) is 5.91 Å². The maximum absolute atomic E-state index is 11.7. The minimum atomic E-state index is 0.168. The van der Waals surface area contributed by atoms with Gasteiger partial charge in [0.2, 0.25) is 5.91 Å². The van der Waals surface area contributed by atoms with Crippen molar-refractivity contribution in [3.63, 3.8) is 0 Å². The zero-order valence-corrected chi connectivity index (χ0v) is 10.7. The molecule has 0 bridgehead atoms. The second kappa shape index (κ2) is 7.66. The Morgan fingerprint density at radius 2 is 2.00 bits per heavy atom. The number of hydrogen-bond acceptors (Lipinski definition) is 2. The van der Waals surface area contributed by atoms with Gasteiger partial charge in [-0.3, -0.25) is 4.79 Å². The van der Waals surface area contributed by atoms with Crippen LogP contribution < -0.4 is 10.6 Å². The molecule has 1 saturated carbocycles. The van der Waals surface area contributed by atoms with Gasteiger partial charge in [-0.25, -0.2) is 0 Å². The summed E-state index contributed by atoms with van der Waals surface area (Å²) in [6.07, 6.45) is 8.31. The van der Waals surface area contributed by atoms with Crippen LogP contribution in [0.25, 0.3) is 0 Å². The monoisotopic (exact) mass is 226 g/mol. The van der Waals surface area contributed by atoms with E-state index >= 15 is 0 Å². The molecule has 0 aromatic carbocycles. The first-order chi connectivity index (χ1) is 7.76. The van der Waals surface area contributed by atoms with Crippen molar-refractivity contribution in [1.29, 1.82) is 0 Å². The van der Waals surface area contributed by atoms with Crippen LogP contribution in [-0.4, -0.2) is 24.5 Å². The Labute approximate surface area is 99.4 Å². The topological polar surface area (TPSA) is 41.1 Å². The van der Waals surface area contributed by atoms with Gasteiger partial charge in [-0.15, -0.1) is 0 Å². The van der Waals surface area contributed by atoms with Crippen LogP contribution in [0.2, 0.25) is 0 Å². The van der Waals surface area contributed by atoms with Gasteiger partial charge in [0, 0.05) is 12.1 Å². The first kappa shape index (κ1) is 13.5. The maximum atomic E-state index is 11.7. The van der Waals surface area contributed by atoms with Crippen molar-refractivity contribution in [2.45, 2.75) is 70.9 Å². The molecule has 1 rings (SSSR count). The number of nitrogens with one attached hydrogen (secondary N) is 2. The smallest absolute Gasteiger partial charge is 0.234 e. The molecule has 0 aliphatic heterocycles. The van der Waals surface area contributed by atoms with Crippen molar-refractivity contribution in [3.05, 3.63) is 0 Å². The minimum Gasteiger partial charge on any atom is -0.352 e. The fourth-order valence-corrected chi connectivity index (χ4v) is 2.38. The average Bonchev–Trinajstić information content (AvgIpc) is 2.76. The predicted octanol–water partition coefficient (Wildman–Crippen LogP) is 2.21. The lowest BCUT2D eigenvalue weighted by Gasteiger charge is -2.17. The lowest BCUT2D eigenvalue weighted by atomic mass is 10.1. The quantitative estimate of drug-likeness (QED) is 0.699. The molecule has 3 heteroatoms. The molecule has 0 aromatic heterocycles. The molecular formula is C13H26N2O. The molecule has 0 spiro atoms. The Morgan fingerprint density at radius 1 is 1.31 bits per heavy atom. The Kier molecular flexibility index (Phi) is 6.46. The lowest BCUT2D eigenvalue weighted by Crippen LogP contribution is -2.42. The summed E-state index contributed by atoms with van der Waals surface area (Å²) < 4.78 is 0. The van der Waals surface area contributed by atoms with Gasteiger partial charge in [0.15, 0.2) is 0 Å². The normalized spacial score (nSPS) is 18.6. The van der Waals surface area contributed by atoms with Crippen molar-refractivity contribution < 1.29 is 4.79 Å². The van der Waals surface area contributed by atoms with Crippen molar-refractivity contribution in [2.75, 3.05) is 6.54 Å². The summed E-state index contributed by atoms with van der Waals surface area (Å²) in [5.41, 5.74) is 0. The van der Waals surface area contributed by atoms with Crippen molar-refractivity contribution in [3.8, 4) is 0 Å². The standard InChI is InChI=1S/C13H26N2O/c1-3-7-11(4-2)14-10-13(16)15-12-8-5-6-9-12/h11-12,14H,3-10H2,1-2H3,(H,15,16). The third kappa shape index (κ3) is 4.97. The fraction of sp³-hybridized carbons (Fsp3) is 0.923. The number of carbonyl (C=O) groups is 1. The number of hydrogen-bond donors (Lipinski definition) is 2. The van der Waals surface area contributed by atoms with Gasteiger partial charge >= 0.3 is 0 Å². The molecule has 0 heterocycles. The average molecular weight is 226 g/mol. The number of rotatable bonds is 7. The molecule has 0 radical (unpaired) electrons. The highest BCUT2D eigenvalue weighted by molar-refractivity contribution is 5.78. The molecule has 1 fully saturated rings. The van der Waals surface area contributed by atoms with E-state index in [4.69, 9.17) is 0 Å². The third-order valence-electron chi connectivity index (χ3n) is 3.40. The third-order valence-corrected chi connectivity index (χ3v) is 3.40. The highest BCUT2D eigenvalue weighted by Gasteiger charge is 2.17. The molecule has 1 aliphatic carbocycles. The first-order valence-electron chi connectivity index (χ1n) is 6.79. The summed E-state index contributed by atoms with van der Waals surface area (Å²) in [7, 11) is 0. The van der Waals surface area contributed by atoms with Crippen molar-refractivity contribution in [2.24, 2.45) is 0 Å². The SMILES string of the molecule is CCCC(CC)NCC(=O)NC1CCCC1. The zero-order chi connectivity index (χ0) is 11.8. The Morgan fingerprint density at radius 3 is 2.56 bits per heavy atom. The van der Waals surface area contributed by atoms with Gasteiger partial charge in [0.1, 0.15) is 0 Å². The summed E-state index contributed by atoms with van der Waals surface area (Å²) in [4.78, 5) is 11.7. The molecule has 0 aromatic rings. The van der Waals surface area contributed by atoms with E-state index in [1.807, 2.05) is 0 Å². The first-order valence-corrected chi connectivity index (χ1v) is 6.79. The van der Waals surface area contributed by atoms with Crippen LogP contribution in [0.4, 0.5) is 0 Å². The fourth-order valence-electron chi connectivity index (χ4n) is 2.38. The number of amides is 1. The second-order valence-corrected chi connectivity index (χ2v) is 4.82. The van der Waals surface area contributed by atoms with Gasteiger partial charge in [-0.05, 0) is 25.7 Å². The summed E-state index contributed by atoms with van der Waals surface area (Å²) in [5.74, 6) is 0.168. The van der Waals surface area contributed by atoms with Crippen LogP contribution >= 0.6 is 0 Å². The van der Waals surface area contributed by atoms with E-state index in [0.717, 1.165) is 25.7 Å². The zero-order valence-electron chi connectivity index (χ0n) is 10.7. The molecule has 94 valence electrons. The Hall–Kier alpha value is -0.570. The summed E-state index contributed by atoms with van der Waals surface area (Å²) in [6.45, 7) is 4.83. The van der Waals surface area contributed by atoms with E-state index in [0.29, 0.717) is 18.6 Å². The molecule has 1 unspecified atom stereocenters. The Bertz CT molecular complexity index is 200. The number of carbonyl (C=O) groups excluding carboxylic acids is 1. The molecule has 1 amide bonds. The van der Waals surface area contributed by atoms with Crippen molar-refractivity contribution in [1.82, 2.24) is 10.6 Å². The van der Waals surface area contributed by atoms with E-state index in [2.05, 4.69) is 24.5 Å². The predicted molar refractivity (Wildman–Crippen MR) is 67.4 cm³/mol. The van der Waals surface area contributed by atoms with E-state index in [1.165, 1.54) is 19.3 Å². The minimum absolute atomic E-state index is 0.168. The van der Waals surface area contributed by atoms with Crippen LogP contribution in [-0.2, 0) is 4.79 Å². The lowest BCUT2D eigenvalue weighted by molar-refractivity contribution is -0.121.